The molecule has 0 aliphatic heterocycles. The molecule has 0 atom stereocenters. The first-order valence-electron chi connectivity index (χ1n) is 6.03. The quantitative estimate of drug-likeness (QED) is 0.626. The first-order valence-corrected chi connectivity index (χ1v) is 6.03. The van der Waals surface area contributed by atoms with Gasteiger partial charge in [0.25, 0.3) is 0 Å². The molecule has 6 nitrogen and oxygen atoms in total. The van der Waals surface area contributed by atoms with E-state index in [0.717, 1.165) is 10.9 Å². The molecule has 0 aliphatic rings. The SMILES string of the molecule is CC(=O)OCCCNc1nc(=O)[nH]c2ccccc12. The smallest absolute Gasteiger partial charge is 0.347 e. The first kappa shape index (κ1) is 13.1. The van der Waals surface area contributed by atoms with Crippen LogP contribution in [0.3, 0.4) is 0 Å². The molecule has 19 heavy (non-hydrogen) atoms. The minimum absolute atomic E-state index is 0.292. The van der Waals surface area contributed by atoms with Crippen LogP contribution in [0.25, 0.3) is 10.9 Å². The van der Waals surface area contributed by atoms with E-state index in [1.165, 1.54) is 6.92 Å². The van der Waals surface area contributed by atoms with Crippen molar-refractivity contribution in [3.63, 3.8) is 0 Å². The van der Waals surface area contributed by atoms with Crippen molar-refractivity contribution in [1.29, 1.82) is 0 Å². The number of esters is 1. The lowest BCUT2D eigenvalue weighted by atomic mass is 10.2. The summed E-state index contributed by atoms with van der Waals surface area (Å²) in [6.45, 7) is 2.30. The van der Waals surface area contributed by atoms with Gasteiger partial charge in [0.15, 0.2) is 0 Å². The number of para-hydroxylation sites is 1. The molecule has 100 valence electrons. The molecule has 0 amide bonds. The predicted molar refractivity (Wildman–Crippen MR) is 72.1 cm³/mol. The maximum absolute atomic E-state index is 11.4. The molecule has 2 rings (SSSR count). The van der Waals surface area contributed by atoms with Crippen LogP contribution in [-0.2, 0) is 9.53 Å². The fourth-order valence-electron chi connectivity index (χ4n) is 1.73. The highest BCUT2D eigenvalue weighted by Crippen LogP contribution is 2.16. The molecule has 1 aromatic carbocycles. The van der Waals surface area contributed by atoms with Gasteiger partial charge in [-0.15, -0.1) is 0 Å². The van der Waals surface area contributed by atoms with Gasteiger partial charge >= 0.3 is 11.7 Å². The van der Waals surface area contributed by atoms with E-state index < -0.39 is 0 Å². The van der Waals surface area contributed by atoms with Crippen molar-refractivity contribution >= 4 is 22.7 Å². The second-order valence-corrected chi connectivity index (χ2v) is 4.06. The monoisotopic (exact) mass is 261 g/mol. The average molecular weight is 261 g/mol. The van der Waals surface area contributed by atoms with Crippen molar-refractivity contribution in [3.8, 4) is 0 Å². The van der Waals surface area contributed by atoms with E-state index in [9.17, 15) is 9.59 Å². The molecular weight excluding hydrogens is 246 g/mol. The number of benzene rings is 1. The second kappa shape index (κ2) is 5.99. The van der Waals surface area contributed by atoms with Crippen LogP contribution in [0.15, 0.2) is 29.1 Å². The van der Waals surface area contributed by atoms with Crippen LogP contribution in [0, 0.1) is 0 Å². The van der Waals surface area contributed by atoms with Crippen LogP contribution in [0.1, 0.15) is 13.3 Å². The van der Waals surface area contributed by atoms with Gasteiger partial charge in [0.2, 0.25) is 0 Å². The summed E-state index contributed by atoms with van der Waals surface area (Å²) in [5.74, 6) is 0.252. The number of nitrogens with one attached hydrogen (secondary N) is 2. The summed E-state index contributed by atoms with van der Waals surface area (Å²) in [5.41, 5.74) is 0.353. The summed E-state index contributed by atoms with van der Waals surface area (Å²) >= 11 is 0. The number of carbonyl (C=O) groups excluding carboxylic acids is 1. The zero-order chi connectivity index (χ0) is 13.7. The Morgan fingerprint density at radius 3 is 3.00 bits per heavy atom. The summed E-state index contributed by atoms with van der Waals surface area (Å²) in [5, 5.41) is 3.94. The molecule has 6 heteroatoms. The van der Waals surface area contributed by atoms with Gasteiger partial charge < -0.3 is 15.0 Å². The molecule has 0 spiro atoms. The molecule has 0 fully saturated rings. The minimum atomic E-state index is -0.388. The van der Waals surface area contributed by atoms with Crippen molar-refractivity contribution < 1.29 is 9.53 Å². The van der Waals surface area contributed by atoms with Gasteiger partial charge in [0, 0.05) is 18.9 Å². The fourth-order valence-corrected chi connectivity index (χ4v) is 1.73. The lowest BCUT2D eigenvalue weighted by Crippen LogP contribution is -2.15. The normalized spacial score (nSPS) is 10.4. The van der Waals surface area contributed by atoms with E-state index in [1.807, 2.05) is 24.3 Å². The predicted octanol–water partition coefficient (Wildman–Crippen LogP) is 1.29. The Kier molecular flexibility index (Phi) is 4.12. The third-order valence-corrected chi connectivity index (χ3v) is 2.56. The van der Waals surface area contributed by atoms with Gasteiger partial charge in [-0.05, 0) is 18.6 Å². The van der Waals surface area contributed by atoms with Crippen LogP contribution in [0.5, 0.6) is 0 Å². The summed E-state index contributed by atoms with van der Waals surface area (Å²) in [7, 11) is 0. The van der Waals surface area contributed by atoms with Crippen LogP contribution in [0.2, 0.25) is 0 Å². The van der Waals surface area contributed by atoms with Gasteiger partial charge in [0.05, 0.1) is 12.1 Å². The van der Waals surface area contributed by atoms with Crippen molar-refractivity contribution in [2.75, 3.05) is 18.5 Å². The lowest BCUT2D eigenvalue weighted by molar-refractivity contribution is -0.140. The van der Waals surface area contributed by atoms with Gasteiger partial charge in [0.1, 0.15) is 5.82 Å². The Bertz CT molecular complexity index is 636. The standard InChI is InChI=1S/C13H15N3O3/c1-9(17)19-8-4-7-14-12-10-5-2-3-6-11(10)15-13(18)16-12/h2-3,5-6H,4,7-8H2,1H3,(H2,14,15,16,18). The number of nitrogens with zero attached hydrogens (tertiary/aromatic N) is 1. The van der Waals surface area contributed by atoms with E-state index in [4.69, 9.17) is 4.74 Å². The van der Waals surface area contributed by atoms with E-state index in [2.05, 4.69) is 15.3 Å². The van der Waals surface area contributed by atoms with E-state index in [1.54, 1.807) is 0 Å². The van der Waals surface area contributed by atoms with Crippen molar-refractivity contribution in [2.24, 2.45) is 0 Å². The molecule has 0 bridgehead atoms. The number of hydrogen-bond donors (Lipinski definition) is 2. The highest BCUT2D eigenvalue weighted by atomic mass is 16.5. The van der Waals surface area contributed by atoms with E-state index in [-0.39, 0.29) is 11.7 Å². The number of ether oxygens (including phenoxy) is 1. The molecule has 1 heterocycles. The number of hydrogen-bond acceptors (Lipinski definition) is 5. The Morgan fingerprint density at radius 2 is 2.21 bits per heavy atom. The molecule has 2 N–H and O–H groups in total. The number of H-pyrrole nitrogens is 1. The average Bonchev–Trinajstić information content (AvgIpc) is 2.37. The summed E-state index contributed by atoms with van der Waals surface area (Å²) < 4.78 is 4.82. The van der Waals surface area contributed by atoms with Crippen LogP contribution in [0.4, 0.5) is 5.82 Å². The topological polar surface area (TPSA) is 84.1 Å². The molecule has 0 aliphatic carbocycles. The largest absolute Gasteiger partial charge is 0.466 e. The number of aromatic amines is 1. The van der Waals surface area contributed by atoms with Gasteiger partial charge in [-0.1, -0.05) is 12.1 Å². The maximum atomic E-state index is 11.4. The van der Waals surface area contributed by atoms with Crippen molar-refractivity contribution in [2.45, 2.75) is 13.3 Å². The molecule has 0 saturated heterocycles. The number of aromatic nitrogens is 2. The summed E-state index contributed by atoms with van der Waals surface area (Å²) in [6, 6.07) is 7.43. The molecule has 1 aromatic heterocycles. The van der Waals surface area contributed by atoms with Crippen molar-refractivity contribution in [1.82, 2.24) is 9.97 Å². The Morgan fingerprint density at radius 1 is 1.42 bits per heavy atom. The number of carbonyl (C=O) groups is 1. The maximum Gasteiger partial charge on any atom is 0.347 e. The number of fused-ring (bicyclic) bond motifs is 1. The Labute approximate surface area is 109 Å². The summed E-state index contributed by atoms with van der Waals surface area (Å²) in [4.78, 5) is 28.6. The third-order valence-electron chi connectivity index (χ3n) is 2.56. The van der Waals surface area contributed by atoms with Crippen molar-refractivity contribution in [3.05, 3.63) is 34.7 Å². The Hall–Kier alpha value is -2.37. The minimum Gasteiger partial charge on any atom is -0.466 e. The number of rotatable bonds is 5. The van der Waals surface area contributed by atoms with Gasteiger partial charge in [-0.25, -0.2) is 4.79 Å². The van der Waals surface area contributed by atoms with E-state index in [0.29, 0.717) is 25.4 Å². The van der Waals surface area contributed by atoms with Gasteiger partial charge in [-0.3, -0.25) is 4.79 Å². The highest BCUT2D eigenvalue weighted by molar-refractivity contribution is 5.88. The van der Waals surface area contributed by atoms with Gasteiger partial charge in [-0.2, -0.15) is 4.98 Å². The Balaban J connectivity index is 2.04. The first-order chi connectivity index (χ1) is 9.16. The molecular formula is C13H15N3O3. The van der Waals surface area contributed by atoms with Crippen LogP contribution >= 0.6 is 0 Å². The lowest BCUT2D eigenvalue weighted by Gasteiger charge is -2.08. The second-order valence-electron chi connectivity index (χ2n) is 4.06. The fraction of sp³-hybridized carbons (Fsp3) is 0.308. The van der Waals surface area contributed by atoms with Crippen LogP contribution in [-0.4, -0.2) is 29.1 Å². The van der Waals surface area contributed by atoms with Crippen LogP contribution < -0.4 is 11.0 Å². The van der Waals surface area contributed by atoms with E-state index >= 15 is 0 Å². The summed E-state index contributed by atoms with van der Waals surface area (Å²) in [6.07, 6.45) is 0.655. The third kappa shape index (κ3) is 3.54. The molecule has 0 radical (unpaired) electrons. The number of anilines is 1. The molecule has 0 saturated carbocycles. The zero-order valence-corrected chi connectivity index (χ0v) is 10.6. The molecule has 0 unspecified atom stereocenters. The highest BCUT2D eigenvalue weighted by Gasteiger charge is 2.03. The molecule has 2 aromatic rings. The zero-order valence-electron chi connectivity index (χ0n) is 10.6.